The van der Waals surface area contributed by atoms with E-state index in [-0.39, 0.29) is 12.1 Å². The summed E-state index contributed by atoms with van der Waals surface area (Å²) in [5, 5.41) is 2.91. The van der Waals surface area contributed by atoms with Crippen LogP contribution < -0.4 is 5.32 Å². The first-order chi connectivity index (χ1) is 13.6. The largest absolute Gasteiger partial charge is 0.339 e. The lowest BCUT2D eigenvalue weighted by atomic mass is 9.76. The maximum Gasteiger partial charge on any atom is 0.320 e. The number of piperazine rings is 1. The molecule has 4 aliphatic heterocycles. The first-order valence-electron chi connectivity index (χ1n) is 10.9. The van der Waals surface area contributed by atoms with Crippen molar-refractivity contribution in [2.45, 2.75) is 45.1 Å². The summed E-state index contributed by atoms with van der Waals surface area (Å²) in [6, 6.07) is 0.412. The number of hydrogen-bond acceptors (Lipinski definition) is 3. The average molecular weight is 392 g/mol. The van der Waals surface area contributed by atoms with E-state index in [1.807, 2.05) is 16.7 Å². The maximum atomic E-state index is 13.1. The molecular formula is C20H33N5O3. The van der Waals surface area contributed by atoms with Crippen molar-refractivity contribution in [1.82, 2.24) is 24.9 Å². The summed E-state index contributed by atoms with van der Waals surface area (Å²) in [5.41, 5.74) is 0. The van der Waals surface area contributed by atoms with Gasteiger partial charge in [0, 0.05) is 64.8 Å². The van der Waals surface area contributed by atoms with Gasteiger partial charge in [-0.1, -0.05) is 6.92 Å². The summed E-state index contributed by atoms with van der Waals surface area (Å²) >= 11 is 0. The molecule has 0 radical (unpaired) electrons. The molecule has 0 aliphatic carbocycles. The first-order valence-corrected chi connectivity index (χ1v) is 10.9. The highest BCUT2D eigenvalue weighted by molar-refractivity contribution is 5.78. The number of likely N-dealkylation sites (tertiary alicyclic amines) is 1. The lowest BCUT2D eigenvalue weighted by molar-refractivity contribution is -0.144. The lowest BCUT2D eigenvalue weighted by Crippen LogP contribution is -2.63. The Kier molecular flexibility index (Phi) is 5.64. The molecule has 8 nitrogen and oxygen atoms in total. The highest BCUT2D eigenvalue weighted by atomic mass is 16.2. The van der Waals surface area contributed by atoms with E-state index < -0.39 is 0 Å². The number of amides is 5. The fourth-order valence-electron chi connectivity index (χ4n) is 5.41. The van der Waals surface area contributed by atoms with Crippen molar-refractivity contribution in [3.8, 4) is 0 Å². The second-order valence-electron chi connectivity index (χ2n) is 8.76. The first kappa shape index (κ1) is 19.3. The predicted molar refractivity (Wildman–Crippen MR) is 105 cm³/mol. The van der Waals surface area contributed by atoms with Crippen molar-refractivity contribution in [3.63, 3.8) is 0 Å². The van der Waals surface area contributed by atoms with Crippen LogP contribution in [0.4, 0.5) is 9.59 Å². The van der Waals surface area contributed by atoms with Crippen LogP contribution in [0.2, 0.25) is 0 Å². The molecule has 3 atom stereocenters. The molecule has 0 aromatic carbocycles. The number of carbonyl (C=O) groups excluding carboxylic acids is 3. The predicted octanol–water partition coefficient (Wildman–Crippen LogP) is 1.18. The van der Waals surface area contributed by atoms with Gasteiger partial charge in [-0.2, -0.15) is 0 Å². The van der Waals surface area contributed by atoms with Crippen molar-refractivity contribution >= 4 is 18.0 Å². The quantitative estimate of drug-likeness (QED) is 0.768. The topological polar surface area (TPSA) is 76.2 Å². The van der Waals surface area contributed by atoms with Crippen LogP contribution in [-0.4, -0.2) is 96.0 Å². The highest BCUT2D eigenvalue weighted by Crippen LogP contribution is 2.38. The van der Waals surface area contributed by atoms with Crippen molar-refractivity contribution in [2.24, 2.45) is 11.8 Å². The van der Waals surface area contributed by atoms with E-state index in [0.29, 0.717) is 62.9 Å². The molecule has 2 bridgehead atoms. The average Bonchev–Trinajstić information content (AvgIpc) is 2.72. The van der Waals surface area contributed by atoms with Gasteiger partial charge in [-0.15, -0.1) is 0 Å². The smallest absolute Gasteiger partial charge is 0.320 e. The van der Waals surface area contributed by atoms with Gasteiger partial charge in [-0.05, 0) is 37.5 Å². The Labute approximate surface area is 167 Å². The third kappa shape index (κ3) is 3.78. The Balaban J connectivity index is 1.32. The van der Waals surface area contributed by atoms with Crippen LogP contribution in [0.3, 0.4) is 0 Å². The van der Waals surface area contributed by atoms with E-state index in [0.717, 1.165) is 45.3 Å². The Morgan fingerprint density at radius 3 is 2.54 bits per heavy atom. The van der Waals surface area contributed by atoms with Crippen LogP contribution in [0.1, 0.15) is 39.0 Å². The van der Waals surface area contributed by atoms with Gasteiger partial charge in [0.25, 0.3) is 0 Å². The van der Waals surface area contributed by atoms with Crippen molar-refractivity contribution in [1.29, 1.82) is 0 Å². The molecule has 4 heterocycles. The molecule has 4 fully saturated rings. The van der Waals surface area contributed by atoms with E-state index in [1.54, 1.807) is 4.90 Å². The molecule has 0 aromatic rings. The number of rotatable bonds is 2. The van der Waals surface area contributed by atoms with Gasteiger partial charge >= 0.3 is 12.1 Å². The molecule has 5 amide bonds. The van der Waals surface area contributed by atoms with Gasteiger partial charge in [-0.25, -0.2) is 9.59 Å². The number of nitrogens with one attached hydrogen (secondary N) is 1. The minimum atomic E-state index is -0.0245. The number of carbonyl (C=O) groups is 3. The van der Waals surface area contributed by atoms with Crippen LogP contribution in [0.5, 0.6) is 0 Å². The molecule has 0 unspecified atom stereocenters. The van der Waals surface area contributed by atoms with Crippen LogP contribution in [0, 0.1) is 11.8 Å². The van der Waals surface area contributed by atoms with Crippen LogP contribution in [0.15, 0.2) is 0 Å². The molecule has 4 aliphatic rings. The molecule has 0 aromatic heterocycles. The second kappa shape index (κ2) is 8.17. The SMILES string of the molecule is CCCNC(=O)N1CCN(C(=O)N2C[C@H]3C[C@H](C2)[C@H]2CCCC(=O)N2C3)CC1. The summed E-state index contributed by atoms with van der Waals surface area (Å²) in [7, 11) is 0. The van der Waals surface area contributed by atoms with Gasteiger partial charge in [0.1, 0.15) is 0 Å². The molecule has 4 rings (SSSR count). The number of nitrogens with zero attached hydrogens (tertiary/aromatic N) is 4. The van der Waals surface area contributed by atoms with E-state index in [4.69, 9.17) is 0 Å². The van der Waals surface area contributed by atoms with Gasteiger partial charge in [0.15, 0.2) is 0 Å². The zero-order valence-corrected chi connectivity index (χ0v) is 16.9. The number of urea groups is 2. The van der Waals surface area contributed by atoms with Crippen LogP contribution in [0.25, 0.3) is 0 Å². The fraction of sp³-hybridized carbons (Fsp3) is 0.850. The van der Waals surface area contributed by atoms with Crippen molar-refractivity contribution in [3.05, 3.63) is 0 Å². The maximum absolute atomic E-state index is 13.1. The number of hydrogen-bond donors (Lipinski definition) is 1. The minimum Gasteiger partial charge on any atom is -0.339 e. The Morgan fingerprint density at radius 1 is 1.04 bits per heavy atom. The van der Waals surface area contributed by atoms with E-state index in [2.05, 4.69) is 10.2 Å². The molecule has 8 heteroatoms. The van der Waals surface area contributed by atoms with Gasteiger partial charge in [-0.3, -0.25) is 4.79 Å². The summed E-state index contributed by atoms with van der Waals surface area (Å²) in [5.74, 6) is 1.13. The van der Waals surface area contributed by atoms with E-state index in [1.165, 1.54) is 0 Å². The third-order valence-corrected chi connectivity index (χ3v) is 6.81. The zero-order valence-electron chi connectivity index (χ0n) is 16.9. The Morgan fingerprint density at radius 2 is 1.79 bits per heavy atom. The molecule has 4 saturated heterocycles. The molecule has 28 heavy (non-hydrogen) atoms. The van der Waals surface area contributed by atoms with E-state index in [9.17, 15) is 14.4 Å². The highest BCUT2D eigenvalue weighted by Gasteiger charge is 2.45. The molecular weight excluding hydrogens is 358 g/mol. The zero-order chi connectivity index (χ0) is 19.7. The molecule has 1 N–H and O–H groups in total. The fourth-order valence-corrected chi connectivity index (χ4v) is 5.41. The van der Waals surface area contributed by atoms with E-state index >= 15 is 0 Å². The minimum absolute atomic E-state index is 0.0245. The normalized spacial score (nSPS) is 30.2. The monoisotopic (exact) mass is 391 g/mol. The summed E-state index contributed by atoms with van der Waals surface area (Å²) < 4.78 is 0. The molecule has 0 spiro atoms. The number of piperidine rings is 3. The second-order valence-corrected chi connectivity index (χ2v) is 8.76. The van der Waals surface area contributed by atoms with Crippen molar-refractivity contribution < 1.29 is 14.4 Å². The lowest BCUT2D eigenvalue weighted by Gasteiger charge is -2.53. The summed E-state index contributed by atoms with van der Waals surface area (Å²) in [4.78, 5) is 45.3. The summed E-state index contributed by atoms with van der Waals surface area (Å²) in [6.07, 6.45) is 4.82. The van der Waals surface area contributed by atoms with Crippen LogP contribution >= 0.6 is 0 Å². The van der Waals surface area contributed by atoms with Gasteiger partial charge in [0.2, 0.25) is 5.91 Å². The van der Waals surface area contributed by atoms with Gasteiger partial charge < -0.3 is 24.9 Å². The third-order valence-electron chi connectivity index (χ3n) is 6.81. The van der Waals surface area contributed by atoms with Gasteiger partial charge in [0.05, 0.1) is 0 Å². The van der Waals surface area contributed by atoms with Crippen molar-refractivity contribution in [2.75, 3.05) is 52.4 Å². The van der Waals surface area contributed by atoms with Crippen LogP contribution in [-0.2, 0) is 4.79 Å². The number of fused-ring (bicyclic) bond motifs is 4. The Bertz CT molecular complexity index is 619. The molecule has 156 valence electrons. The standard InChI is InChI=1S/C20H33N5O3/c1-2-6-21-19(27)22-7-9-23(10-8-22)20(28)24-12-15-11-16(14-24)17-4-3-5-18(26)25(17)13-15/h15-17H,2-14H2,1H3,(H,21,27)/t15-,16-,17-/m1/s1. The Hall–Kier alpha value is -1.99. The summed E-state index contributed by atoms with van der Waals surface area (Å²) in [6.45, 7) is 7.43. The molecule has 0 saturated carbocycles.